The second-order valence-corrected chi connectivity index (χ2v) is 5.35. The summed E-state index contributed by atoms with van der Waals surface area (Å²) in [5.74, 6) is 0.338. The number of halogens is 1. The van der Waals surface area contributed by atoms with Crippen molar-refractivity contribution < 1.29 is 5.11 Å². The Hall–Kier alpha value is -1.48. The van der Waals surface area contributed by atoms with Crippen LogP contribution in [0.2, 0.25) is 0 Å². The van der Waals surface area contributed by atoms with E-state index in [2.05, 4.69) is 21.2 Å². The maximum atomic E-state index is 9.95. The standard InChI is InChI=1S/C15H16BrNO/c1-10-6-7-14(15(18)8-10)11(2)17-13-5-3-4-12(16)9-13/h3-9,11,17-18H,1-2H3. The molecule has 0 saturated heterocycles. The molecule has 0 heterocycles. The lowest BCUT2D eigenvalue weighted by atomic mass is 10.0. The fourth-order valence-electron chi connectivity index (χ4n) is 1.93. The van der Waals surface area contributed by atoms with E-state index < -0.39 is 0 Å². The molecule has 2 nitrogen and oxygen atoms in total. The van der Waals surface area contributed by atoms with Crippen LogP contribution in [0.1, 0.15) is 24.1 Å². The number of phenols is 1. The normalized spacial score (nSPS) is 12.2. The van der Waals surface area contributed by atoms with Gasteiger partial charge in [-0.2, -0.15) is 0 Å². The first kappa shape index (κ1) is 13.0. The molecule has 0 saturated carbocycles. The highest BCUT2D eigenvalue weighted by atomic mass is 79.9. The molecule has 0 aliphatic heterocycles. The zero-order valence-electron chi connectivity index (χ0n) is 10.4. The molecular formula is C15H16BrNO. The number of aromatic hydroxyl groups is 1. The van der Waals surface area contributed by atoms with Gasteiger partial charge in [0.2, 0.25) is 0 Å². The predicted molar refractivity (Wildman–Crippen MR) is 79.0 cm³/mol. The fourth-order valence-corrected chi connectivity index (χ4v) is 2.33. The Bertz CT molecular complexity index is 554. The second kappa shape index (κ2) is 5.44. The van der Waals surface area contributed by atoms with Crippen LogP contribution in [0.4, 0.5) is 5.69 Å². The molecule has 94 valence electrons. The summed E-state index contributed by atoms with van der Waals surface area (Å²) < 4.78 is 1.04. The molecular weight excluding hydrogens is 290 g/mol. The Morgan fingerprint density at radius 1 is 1.17 bits per heavy atom. The Balaban J connectivity index is 2.19. The monoisotopic (exact) mass is 305 g/mol. The summed E-state index contributed by atoms with van der Waals surface area (Å²) in [5, 5.41) is 13.3. The van der Waals surface area contributed by atoms with Crippen molar-refractivity contribution in [3.63, 3.8) is 0 Å². The molecule has 3 heteroatoms. The van der Waals surface area contributed by atoms with Crippen LogP contribution in [0.5, 0.6) is 5.75 Å². The van der Waals surface area contributed by atoms with Gasteiger partial charge in [-0.15, -0.1) is 0 Å². The van der Waals surface area contributed by atoms with Gasteiger partial charge in [0.1, 0.15) is 5.75 Å². The Labute approximate surface area is 116 Å². The lowest BCUT2D eigenvalue weighted by Gasteiger charge is -2.17. The van der Waals surface area contributed by atoms with Gasteiger partial charge in [0, 0.05) is 15.7 Å². The van der Waals surface area contributed by atoms with Crippen LogP contribution >= 0.6 is 15.9 Å². The second-order valence-electron chi connectivity index (χ2n) is 4.44. The van der Waals surface area contributed by atoms with Crippen LogP contribution in [-0.2, 0) is 0 Å². The summed E-state index contributed by atoms with van der Waals surface area (Å²) >= 11 is 3.44. The third-order valence-corrected chi connectivity index (χ3v) is 3.35. The van der Waals surface area contributed by atoms with Crippen LogP contribution in [0, 0.1) is 6.92 Å². The Morgan fingerprint density at radius 2 is 1.94 bits per heavy atom. The van der Waals surface area contributed by atoms with Gasteiger partial charge in [-0.1, -0.05) is 34.1 Å². The van der Waals surface area contributed by atoms with Crippen LogP contribution in [0.3, 0.4) is 0 Å². The van der Waals surface area contributed by atoms with Crippen LogP contribution < -0.4 is 5.32 Å². The maximum Gasteiger partial charge on any atom is 0.121 e. The summed E-state index contributed by atoms with van der Waals surface area (Å²) in [4.78, 5) is 0. The Kier molecular flexibility index (Phi) is 3.92. The van der Waals surface area contributed by atoms with E-state index >= 15 is 0 Å². The van der Waals surface area contributed by atoms with Crippen molar-refractivity contribution in [1.29, 1.82) is 0 Å². The van der Waals surface area contributed by atoms with Crippen molar-refractivity contribution in [2.24, 2.45) is 0 Å². The molecule has 0 amide bonds. The van der Waals surface area contributed by atoms with Gasteiger partial charge in [-0.3, -0.25) is 0 Å². The molecule has 18 heavy (non-hydrogen) atoms. The van der Waals surface area contributed by atoms with E-state index in [0.717, 1.165) is 21.3 Å². The first-order valence-corrected chi connectivity index (χ1v) is 6.67. The molecule has 1 atom stereocenters. The van der Waals surface area contributed by atoms with E-state index in [1.54, 1.807) is 6.07 Å². The van der Waals surface area contributed by atoms with Crippen molar-refractivity contribution >= 4 is 21.6 Å². The molecule has 0 bridgehead atoms. The topological polar surface area (TPSA) is 32.3 Å². The van der Waals surface area contributed by atoms with Gasteiger partial charge < -0.3 is 10.4 Å². The maximum absolute atomic E-state index is 9.95. The highest BCUT2D eigenvalue weighted by molar-refractivity contribution is 9.10. The number of phenolic OH excluding ortho intramolecular Hbond substituents is 1. The summed E-state index contributed by atoms with van der Waals surface area (Å²) in [6, 6.07) is 13.8. The number of aryl methyl sites for hydroxylation is 1. The van der Waals surface area contributed by atoms with Crippen LogP contribution in [-0.4, -0.2) is 5.11 Å². The average molecular weight is 306 g/mol. The lowest BCUT2D eigenvalue weighted by Crippen LogP contribution is -2.06. The molecule has 0 aromatic heterocycles. The zero-order chi connectivity index (χ0) is 13.1. The summed E-state index contributed by atoms with van der Waals surface area (Å²) in [6.45, 7) is 4.00. The van der Waals surface area contributed by atoms with E-state index in [1.807, 2.05) is 50.2 Å². The van der Waals surface area contributed by atoms with Crippen LogP contribution in [0.25, 0.3) is 0 Å². The van der Waals surface area contributed by atoms with Gasteiger partial charge in [0.25, 0.3) is 0 Å². The van der Waals surface area contributed by atoms with E-state index in [1.165, 1.54) is 0 Å². The highest BCUT2D eigenvalue weighted by Crippen LogP contribution is 2.28. The quantitative estimate of drug-likeness (QED) is 0.866. The number of rotatable bonds is 3. The van der Waals surface area contributed by atoms with Crippen molar-refractivity contribution in [3.8, 4) is 5.75 Å². The number of anilines is 1. The van der Waals surface area contributed by atoms with E-state index in [9.17, 15) is 5.11 Å². The number of nitrogens with one attached hydrogen (secondary N) is 1. The number of hydrogen-bond acceptors (Lipinski definition) is 2. The van der Waals surface area contributed by atoms with Crippen molar-refractivity contribution in [3.05, 3.63) is 58.1 Å². The molecule has 1 unspecified atom stereocenters. The minimum Gasteiger partial charge on any atom is -0.508 e. The summed E-state index contributed by atoms with van der Waals surface area (Å²) in [6.07, 6.45) is 0. The molecule has 0 spiro atoms. The number of hydrogen-bond donors (Lipinski definition) is 2. The third kappa shape index (κ3) is 3.05. The van der Waals surface area contributed by atoms with E-state index in [0.29, 0.717) is 5.75 Å². The molecule has 2 N–H and O–H groups in total. The smallest absolute Gasteiger partial charge is 0.121 e. The van der Waals surface area contributed by atoms with Gasteiger partial charge in [0.15, 0.2) is 0 Å². The molecule has 2 aromatic carbocycles. The molecule has 0 aliphatic carbocycles. The molecule has 2 rings (SSSR count). The van der Waals surface area contributed by atoms with E-state index in [4.69, 9.17) is 0 Å². The van der Waals surface area contributed by atoms with E-state index in [-0.39, 0.29) is 6.04 Å². The first-order chi connectivity index (χ1) is 8.56. The largest absolute Gasteiger partial charge is 0.508 e. The van der Waals surface area contributed by atoms with Crippen molar-refractivity contribution in [2.75, 3.05) is 5.32 Å². The van der Waals surface area contributed by atoms with Crippen LogP contribution in [0.15, 0.2) is 46.9 Å². The fraction of sp³-hybridized carbons (Fsp3) is 0.200. The minimum absolute atomic E-state index is 0.0555. The average Bonchev–Trinajstić information content (AvgIpc) is 2.28. The molecule has 0 fully saturated rings. The van der Waals surface area contributed by atoms with Crippen molar-refractivity contribution in [1.82, 2.24) is 0 Å². The molecule has 2 aromatic rings. The molecule has 0 radical (unpaired) electrons. The van der Waals surface area contributed by atoms with Gasteiger partial charge >= 0.3 is 0 Å². The highest BCUT2D eigenvalue weighted by Gasteiger charge is 2.10. The lowest BCUT2D eigenvalue weighted by molar-refractivity contribution is 0.465. The van der Waals surface area contributed by atoms with Crippen molar-refractivity contribution in [2.45, 2.75) is 19.9 Å². The third-order valence-electron chi connectivity index (χ3n) is 2.86. The summed E-state index contributed by atoms with van der Waals surface area (Å²) in [7, 11) is 0. The SMILES string of the molecule is Cc1ccc(C(C)Nc2cccc(Br)c2)c(O)c1. The Morgan fingerprint density at radius 3 is 2.61 bits per heavy atom. The first-order valence-electron chi connectivity index (χ1n) is 5.88. The minimum atomic E-state index is 0.0555. The van der Waals surface area contributed by atoms with Gasteiger partial charge in [0.05, 0.1) is 6.04 Å². The van der Waals surface area contributed by atoms with Gasteiger partial charge in [-0.05, 0) is 43.7 Å². The zero-order valence-corrected chi connectivity index (χ0v) is 12.0. The number of benzene rings is 2. The van der Waals surface area contributed by atoms with Gasteiger partial charge in [-0.25, -0.2) is 0 Å². The molecule has 0 aliphatic rings. The summed E-state index contributed by atoms with van der Waals surface area (Å²) in [5.41, 5.74) is 2.99. The predicted octanol–water partition coefficient (Wildman–Crippen LogP) is 4.64.